The molecule has 0 aliphatic carbocycles. The fourth-order valence-electron chi connectivity index (χ4n) is 0.798. The van der Waals surface area contributed by atoms with Crippen LogP contribution in [0.5, 0.6) is 0 Å². The second-order valence-corrected chi connectivity index (χ2v) is 2.54. The molecule has 5 nitrogen and oxygen atoms in total. The number of hydrogen-bond acceptors (Lipinski definition) is 4. The van der Waals surface area contributed by atoms with Gasteiger partial charge in [0.15, 0.2) is 0 Å². The van der Waals surface area contributed by atoms with Crippen LogP contribution in [0.4, 0.5) is 0 Å². The molecule has 0 radical (unpaired) electrons. The van der Waals surface area contributed by atoms with Crippen molar-refractivity contribution in [1.82, 2.24) is 0 Å². The summed E-state index contributed by atoms with van der Waals surface area (Å²) in [5, 5.41) is 17.2. The third-order valence-corrected chi connectivity index (χ3v) is 1.31. The number of hydrogen-bond donors (Lipinski definition) is 3. The highest BCUT2D eigenvalue weighted by molar-refractivity contribution is 5.94. The lowest BCUT2D eigenvalue weighted by atomic mass is 10.1. The maximum atomic E-state index is 10.8. The third-order valence-electron chi connectivity index (χ3n) is 1.31. The predicted octanol–water partition coefficient (Wildman–Crippen LogP) is -0.870. The van der Waals surface area contributed by atoms with Crippen molar-refractivity contribution in [3.8, 4) is 0 Å². The van der Waals surface area contributed by atoms with Crippen LogP contribution in [0.3, 0.4) is 0 Å². The topological polar surface area (TPSA) is 101 Å². The number of aliphatic hydroxyl groups is 1. The first kappa shape index (κ1) is 11.1. The maximum Gasteiger partial charge on any atom is 0.310 e. The molecule has 1 unspecified atom stereocenters. The van der Waals surface area contributed by atoms with E-state index in [0.29, 0.717) is 13.0 Å². The van der Waals surface area contributed by atoms with Crippen molar-refractivity contribution in [2.45, 2.75) is 25.4 Å². The quantitative estimate of drug-likeness (QED) is 0.455. The Labute approximate surface area is 70.2 Å². The van der Waals surface area contributed by atoms with Crippen molar-refractivity contribution < 1.29 is 19.8 Å². The Kier molecular flexibility index (Phi) is 5.23. The predicted molar refractivity (Wildman–Crippen MR) is 41.6 cm³/mol. The number of rotatable bonds is 6. The highest BCUT2D eigenvalue weighted by atomic mass is 16.4. The summed E-state index contributed by atoms with van der Waals surface area (Å²) >= 11 is 0. The monoisotopic (exact) mass is 175 g/mol. The number of aliphatic hydroxyl groups excluding tert-OH is 1. The highest BCUT2D eigenvalue weighted by Crippen LogP contribution is 1.99. The molecule has 0 spiro atoms. The van der Waals surface area contributed by atoms with Crippen LogP contribution in [0.2, 0.25) is 0 Å². The van der Waals surface area contributed by atoms with Crippen LogP contribution in [0.15, 0.2) is 0 Å². The molecule has 0 aliphatic rings. The zero-order chi connectivity index (χ0) is 9.56. The van der Waals surface area contributed by atoms with Crippen molar-refractivity contribution in [1.29, 1.82) is 0 Å². The Morgan fingerprint density at radius 3 is 2.42 bits per heavy atom. The van der Waals surface area contributed by atoms with Gasteiger partial charge in [-0.15, -0.1) is 0 Å². The van der Waals surface area contributed by atoms with E-state index in [1.165, 1.54) is 0 Å². The zero-order valence-electron chi connectivity index (χ0n) is 6.69. The van der Waals surface area contributed by atoms with Gasteiger partial charge in [-0.05, 0) is 13.0 Å². The molecule has 1 atom stereocenters. The highest BCUT2D eigenvalue weighted by Gasteiger charge is 2.12. The number of carboxylic acids is 1. The van der Waals surface area contributed by atoms with Gasteiger partial charge >= 0.3 is 5.97 Å². The molecule has 0 aromatic rings. The first-order valence-electron chi connectivity index (χ1n) is 3.68. The van der Waals surface area contributed by atoms with Gasteiger partial charge in [-0.25, -0.2) is 0 Å². The van der Waals surface area contributed by atoms with Gasteiger partial charge in [0, 0.05) is 6.42 Å². The molecule has 0 saturated heterocycles. The SMILES string of the molecule is NCCC(O)CC(=O)CC(=O)O. The Hall–Kier alpha value is -0.940. The first-order valence-corrected chi connectivity index (χ1v) is 3.68. The minimum Gasteiger partial charge on any atom is -0.481 e. The van der Waals surface area contributed by atoms with Crippen molar-refractivity contribution in [3.63, 3.8) is 0 Å². The van der Waals surface area contributed by atoms with Gasteiger partial charge in [0.05, 0.1) is 6.10 Å². The maximum absolute atomic E-state index is 10.8. The van der Waals surface area contributed by atoms with E-state index < -0.39 is 24.3 Å². The van der Waals surface area contributed by atoms with Gasteiger partial charge in [0.1, 0.15) is 12.2 Å². The molecule has 70 valence electrons. The third kappa shape index (κ3) is 5.82. The number of ketones is 1. The lowest BCUT2D eigenvalue weighted by Crippen LogP contribution is -2.19. The zero-order valence-corrected chi connectivity index (χ0v) is 6.69. The molecular weight excluding hydrogens is 162 g/mol. The van der Waals surface area contributed by atoms with E-state index in [0.717, 1.165) is 0 Å². The number of carbonyl (C=O) groups is 2. The lowest BCUT2D eigenvalue weighted by Gasteiger charge is -2.05. The van der Waals surface area contributed by atoms with Crippen molar-refractivity contribution in [3.05, 3.63) is 0 Å². The average molecular weight is 175 g/mol. The Bertz CT molecular complexity index is 169. The van der Waals surface area contributed by atoms with E-state index in [2.05, 4.69) is 0 Å². The van der Waals surface area contributed by atoms with Gasteiger partial charge < -0.3 is 15.9 Å². The average Bonchev–Trinajstić information content (AvgIpc) is 1.84. The van der Waals surface area contributed by atoms with E-state index in [-0.39, 0.29) is 6.42 Å². The summed E-state index contributed by atoms with van der Waals surface area (Å²) in [6, 6.07) is 0. The molecule has 0 saturated carbocycles. The summed E-state index contributed by atoms with van der Waals surface area (Å²) in [4.78, 5) is 20.8. The van der Waals surface area contributed by atoms with Crippen LogP contribution in [-0.4, -0.2) is 34.6 Å². The molecule has 0 aliphatic heterocycles. The van der Waals surface area contributed by atoms with E-state index in [1.54, 1.807) is 0 Å². The van der Waals surface area contributed by atoms with Crippen LogP contribution >= 0.6 is 0 Å². The minimum atomic E-state index is -1.17. The minimum absolute atomic E-state index is 0.122. The number of carbonyl (C=O) groups excluding carboxylic acids is 1. The van der Waals surface area contributed by atoms with Crippen LogP contribution in [0, 0.1) is 0 Å². The van der Waals surface area contributed by atoms with E-state index in [1.807, 2.05) is 0 Å². The Balaban J connectivity index is 3.61. The summed E-state index contributed by atoms with van der Waals surface area (Å²) in [5.74, 6) is -1.64. The second kappa shape index (κ2) is 5.68. The number of nitrogens with two attached hydrogens (primary N) is 1. The molecule has 0 aromatic carbocycles. The number of aliphatic carboxylic acids is 1. The fraction of sp³-hybridized carbons (Fsp3) is 0.714. The summed E-state index contributed by atoms with van der Waals surface area (Å²) in [7, 11) is 0. The molecule has 4 N–H and O–H groups in total. The van der Waals surface area contributed by atoms with Gasteiger partial charge in [-0.3, -0.25) is 9.59 Å². The lowest BCUT2D eigenvalue weighted by molar-refractivity contribution is -0.140. The van der Waals surface area contributed by atoms with Crippen LogP contribution in [0.1, 0.15) is 19.3 Å². The summed E-state index contributed by atoms with van der Waals surface area (Å²) < 4.78 is 0. The summed E-state index contributed by atoms with van der Waals surface area (Å²) in [6.07, 6.45) is -1.13. The van der Waals surface area contributed by atoms with E-state index in [4.69, 9.17) is 15.9 Å². The van der Waals surface area contributed by atoms with Gasteiger partial charge in [0.25, 0.3) is 0 Å². The van der Waals surface area contributed by atoms with Gasteiger partial charge in [-0.2, -0.15) is 0 Å². The summed E-state index contributed by atoms with van der Waals surface area (Å²) in [6.45, 7) is 0.293. The molecule has 5 heteroatoms. The molecule has 0 fully saturated rings. The molecule has 0 amide bonds. The second-order valence-electron chi connectivity index (χ2n) is 2.54. The van der Waals surface area contributed by atoms with Crippen LogP contribution in [-0.2, 0) is 9.59 Å². The van der Waals surface area contributed by atoms with Crippen molar-refractivity contribution in [2.75, 3.05) is 6.54 Å². The summed E-state index contributed by atoms with van der Waals surface area (Å²) in [5.41, 5.74) is 5.12. The van der Waals surface area contributed by atoms with E-state index >= 15 is 0 Å². The molecule has 0 heterocycles. The van der Waals surface area contributed by atoms with E-state index in [9.17, 15) is 9.59 Å². The van der Waals surface area contributed by atoms with Crippen LogP contribution in [0.25, 0.3) is 0 Å². The fourth-order valence-corrected chi connectivity index (χ4v) is 0.798. The van der Waals surface area contributed by atoms with Gasteiger partial charge in [-0.1, -0.05) is 0 Å². The number of carboxylic acid groups (broad SMARTS) is 1. The number of Topliss-reactive ketones (excluding diaryl/α,β-unsaturated/α-hetero) is 1. The molecule has 12 heavy (non-hydrogen) atoms. The van der Waals surface area contributed by atoms with Gasteiger partial charge in [0.2, 0.25) is 0 Å². The van der Waals surface area contributed by atoms with Crippen molar-refractivity contribution >= 4 is 11.8 Å². The Morgan fingerprint density at radius 1 is 1.42 bits per heavy atom. The molecule has 0 aromatic heterocycles. The van der Waals surface area contributed by atoms with Crippen molar-refractivity contribution in [2.24, 2.45) is 5.73 Å². The molecule has 0 rings (SSSR count). The Morgan fingerprint density at radius 2 is 2.00 bits per heavy atom. The largest absolute Gasteiger partial charge is 0.481 e. The first-order chi connectivity index (χ1) is 5.56. The van der Waals surface area contributed by atoms with Crippen LogP contribution < -0.4 is 5.73 Å². The molecular formula is C7H13NO4. The smallest absolute Gasteiger partial charge is 0.310 e. The molecule has 0 bridgehead atoms. The normalized spacial score (nSPS) is 12.5. The standard InChI is InChI=1S/C7H13NO4/c8-2-1-5(9)3-6(10)4-7(11)12/h5,9H,1-4,8H2,(H,11,12).